The Balaban J connectivity index is 2.14. The average molecular weight is 271 g/mol. The largest absolute Gasteiger partial charge is 0.397 e. The summed E-state index contributed by atoms with van der Waals surface area (Å²) in [6.45, 7) is 2.67. The van der Waals surface area contributed by atoms with Gasteiger partial charge in [0.05, 0.1) is 16.4 Å². The number of thiophene rings is 1. The van der Waals surface area contributed by atoms with Crippen LogP contribution in [-0.4, -0.2) is 0 Å². The van der Waals surface area contributed by atoms with E-state index in [9.17, 15) is 4.39 Å². The minimum Gasteiger partial charge on any atom is -0.397 e. The Hall–Kier alpha value is -1.26. The molecule has 2 rings (SSSR count). The molecule has 0 saturated carbocycles. The molecule has 0 aliphatic rings. The predicted octanol–water partition coefficient (Wildman–Crippen LogP) is 4.04. The number of benzene rings is 1. The summed E-state index contributed by atoms with van der Waals surface area (Å²) in [6, 6.07) is 2.74. The number of aryl methyl sites for hydroxylation is 1. The molecular weight excluding hydrogens is 259 g/mol. The molecule has 0 radical (unpaired) electrons. The second kappa shape index (κ2) is 4.94. The van der Waals surface area contributed by atoms with Crippen LogP contribution < -0.4 is 11.1 Å². The molecule has 0 fully saturated rings. The van der Waals surface area contributed by atoms with E-state index in [1.807, 2.05) is 6.92 Å². The van der Waals surface area contributed by atoms with E-state index in [2.05, 4.69) is 16.1 Å². The van der Waals surface area contributed by atoms with Crippen LogP contribution >= 0.6 is 22.9 Å². The van der Waals surface area contributed by atoms with Gasteiger partial charge >= 0.3 is 0 Å². The topological polar surface area (TPSA) is 38.0 Å². The maximum atomic E-state index is 13.3. The number of nitrogens with one attached hydrogen (secondary N) is 1. The monoisotopic (exact) mass is 270 g/mol. The van der Waals surface area contributed by atoms with Gasteiger partial charge in [0, 0.05) is 12.6 Å². The molecule has 0 bridgehead atoms. The van der Waals surface area contributed by atoms with E-state index in [-0.39, 0.29) is 5.02 Å². The third kappa shape index (κ3) is 2.70. The summed E-state index contributed by atoms with van der Waals surface area (Å²) in [6.07, 6.45) is 0. The van der Waals surface area contributed by atoms with E-state index in [1.165, 1.54) is 23.3 Å². The van der Waals surface area contributed by atoms with Crippen molar-refractivity contribution in [1.29, 1.82) is 0 Å². The highest BCUT2D eigenvalue weighted by Gasteiger charge is 2.06. The Labute approximate surface area is 108 Å². The Morgan fingerprint density at radius 3 is 2.82 bits per heavy atom. The summed E-state index contributed by atoms with van der Waals surface area (Å²) in [5.41, 5.74) is 9.18. The minimum absolute atomic E-state index is 0.0414. The zero-order valence-electron chi connectivity index (χ0n) is 9.26. The van der Waals surface area contributed by atoms with Crippen LogP contribution in [0.25, 0.3) is 0 Å². The maximum Gasteiger partial charge on any atom is 0.143 e. The first-order chi connectivity index (χ1) is 8.08. The SMILES string of the molecule is Cc1cscc1CNc1cc(F)c(Cl)cc1N. The number of rotatable bonds is 3. The lowest BCUT2D eigenvalue weighted by Gasteiger charge is -2.10. The number of halogens is 2. The second-order valence-corrected chi connectivity index (χ2v) is 4.94. The first-order valence-corrected chi connectivity index (χ1v) is 6.40. The summed E-state index contributed by atoms with van der Waals surface area (Å²) < 4.78 is 13.3. The fourth-order valence-corrected chi connectivity index (χ4v) is 2.50. The molecule has 3 N–H and O–H groups in total. The van der Waals surface area contributed by atoms with Crippen molar-refractivity contribution in [2.24, 2.45) is 0 Å². The highest BCUT2D eigenvalue weighted by Crippen LogP contribution is 2.27. The van der Waals surface area contributed by atoms with Crippen molar-refractivity contribution in [3.63, 3.8) is 0 Å². The van der Waals surface area contributed by atoms with Crippen LogP contribution in [-0.2, 0) is 6.54 Å². The molecule has 17 heavy (non-hydrogen) atoms. The molecule has 2 aromatic rings. The molecule has 0 spiro atoms. The van der Waals surface area contributed by atoms with Gasteiger partial charge in [-0.25, -0.2) is 4.39 Å². The molecule has 5 heteroatoms. The maximum absolute atomic E-state index is 13.3. The summed E-state index contributed by atoms with van der Waals surface area (Å²) in [5, 5.41) is 7.28. The third-order valence-corrected chi connectivity index (χ3v) is 3.72. The standard InChI is InChI=1S/C12H12ClFN2S/c1-7-5-17-6-8(7)4-16-12-3-10(14)9(13)2-11(12)15/h2-3,5-6,16H,4,15H2,1H3. The first kappa shape index (κ1) is 12.2. The first-order valence-electron chi connectivity index (χ1n) is 5.08. The third-order valence-electron chi connectivity index (χ3n) is 2.52. The van der Waals surface area contributed by atoms with Gasteiger partial charge in [-0.15, -0.1) is 0 Å². The number of hydrogen-bond donors (Lipinski definition) is 2. The molecule has 90 valence electrons. The van der Waals surface area contributed by atoms with Crippen LogP contribution in [0.4, 0.5) is 15.8 Å². The number of anilines is 2. The van der Waals surface area contributed by atoms with Crippen molar-refractivity contribution in [1.82, 2.24) is 0 Å². The van der Waals surface area contributed by atoms with Crippen molar-refractivity contribution in [3.05, 3.63) is 44.9 Å². The van der Waals surface area contributed by atoms with E-state index in [0.717, 1.165) is 0 Å². The van der Waals surface area contributed by atoms with Gasteiger partial charge < -0.3 is 11.1 Å². The van der Waals surface area contributed by atoms with Gasteiger partial charge in [0.15, 0.2) is 0 Å². The van der Waals surface area contributed by atoms with Crippen LogP contribution in [0.3, 0.4) is 0 Å². The molecule has 1 heterocycles. The fourth-order valence-electron chi connectivity index (χ4n) is 1.47. The number of nitrogen functional groups attached to an aromatic ring is 1. The van der Waals surface area contributed by atoms with Crippen LogP contribution in [0.15, 0.2) is 22.9 Å². The van der Waals surface area contributed by atoms with Crippen molar-refractivity contribution >= 4 is 34.3 Å². The average Bonchev–Trinajstić information content (AvgIpc) is 2.68. The molecule has 0 amide bonds. The molecule has 0 aliphatic carbocycles. The van der Waals surface area contributed by atoms with Crippen molar-refractivity contribution in [3.8, 4) is 0 Å². The summed E-state index contributed by atoms with van der Waals surface area (Å²) >= 11 is 7.27. The number of hydrogen-bond acceptors (Lipinski definition) is 3. The van der Waals surface area contributed by atoms with Gasteiger partial charge in [-0.1, -0.05) is 11.6 Å². The zero-order chi connectivity index (χ0) is 12.4. The van der Waals surface area contributed by atoms with Gasteiger partial charge in [0.1, 0.15) is 5.82 Å². The van der Waals surface area contributed by atoms with Crippen molar-refractivity contribution in [2.75, 3.05) is 11.1 Å². The van der Waals surface area contributed by atoms with Gasteiger partial charge in [-0.3, -0.25) is 0 Å². The summed E-state index contributed by atoms with van der Waals surface area (Å²) in [4.78, 5) is 0. The Kier molecular flexibility index (Phi) is 3.54. The van der Waals surface area contributed by atoms with Gasteiger partial charge in [0.25, 0.3) is 0 Å². The summed E-state index contributed by atoms with van der Waals surface area (Å²) in [5.74, 6) is -0.467. The molecule has 1 aromatic carbocycles. The van der Waals surface area contributed by atoms with Crippen molar-refractivity contribution in [2.45, 2.75) is 13.5 Å². The fraction of sp³-hybridized carbons (Fsp3) is 0.167. The lowest BCUT2D eigenvalue weighted by Crippen LogP contribution is -2.03. The molecule has 2 nitrogen and oxygen atoms in total. The van der Waals surface area contributed by atoms with Crippen LogP contribution in [0.1, 0.15) is 11.1 Å². The predicted molar refractivity (Wildman–Crippen MR) is 72.2 cm³/mol. The molecule has 0 atom stereocenters. The molecule has 1 aromatic heterocycles. The smallest absolute Gasteiger partial charge is 0.143 e. The molecule has 0 unspecified atom stereocenters. The number of nitrogens with two attached hydrogens (primary N) is 1. The van der Waals surface area contributed by atoms with E-state index >= 15 is 0 Å². The molecular formula is C12H12ClFN2S. The molecule has 0 aliphatic heterocycles. The van der Waals surface area contributed by atoms with E-state index in [0.29, 0.717) is 17.9 Å². The second-order valence-electron chi connectivity index (χ2n) is 3.79. The van der Waals surface area contributed by atoms with Crippen molar-refractivity contribution < 1.29 is 4.39 Å². The van der Waals surface area contributed by atoms with Crippen LogP contribution in [0, 0.1) is 12.7 Å². The van der Waals surface area contributed by atoms with Crippen LogP contribution in [0.5, 0.6) is 0 Å². The van der Waals surface area contributed by atoms with Crippen LogP contribution in [0.2, 0.25) is 5.02 Å². The lowest BCUT2D eigenvalue weighted by molar-refractivity contribution is 0.629. The van der Waals surface area contributed by atoms with E-state index in [1.54, 1.807) is 11.3 Å². The Morgan fingerprint density at radius 2 is 2.18 bits per heavy atom. The van der Waals surface area contributed by atoms with E-state index < -0.39 is 5.82 Å². The quantitative estimate of drug-likeness (QED) is 0.826. The highest BCUT2D eigenvalue weighted by molar-refractivity contribution is 7.08. The zero-order valence-corrected chi connectivity index (χ0v) is 10.8. The Bertz CT molecular complexity index is 539. The minimum atomic E-state index is -0.467. The summed E-state index contributed by atoms with van der Waals surface area (Å²) in [7, 11) is 0. The molecule has 0 saturated heterocycles. The van der Waals surface area contributed by atoms with Gasteiger partial charge in [0.2, 0.25) is 0 Å². The normalized spacial score (nSPS) is 10.5. The highest BCUT2D eigenvalue weighted by atomic mass is 35.5. The Morgan fingerprint density at radius 1 is 1.41 bits per heavy atom. The van der Waals surface area contributed by atoms with Gasteiger partial charge in [-0.05, 0) is 34.9 Å². The lowest BCUT2D eigenvalue weighted by atomic mass is 10.2. The van der Waals surface area contributed by atoms with Gasteiger partial charge in [-0.2, -0.15) is 11.3 Å². The van der Waals surface area contributed by atoms with E-state index in [4.69, 9.17) is 17.3 Å².